The van der Waals surface area contributed by atoms with Crippen molar-refractivity contribution in [3.8, 4) is 0 Å². The maximum absolute atomic E-state index is 9.47. The van der Waals surface area contributed by atoms with E-state index < -0.39 is 0 Å². The Balaban J connectivity index is 2.01. The summed E-state index contributed by atoms with van der Waals surface area (Å²) in [6.45, 7) is 7.87. The summed E-state index contributed by atoms with van der Waals surface area (Å²) in [5.74, 6) is 2.46. The number of aliphatic imine (C=N–C) groups is 1. The number of aromatic nitrogens is 3. The molecule has 0 aliphatic heterocycles. The van der Waals surface area contributed by atoms with Crippen LogP contribution >= 0.6 is 0 Å². The number of hydrogen-bond acceptors (Lipinski definition) is 4. The van der Waals surface area contributed by atoms with E-state index in [4.69, 9.17) is 0 Å². The Labute approximate surface area is 150 Å². The van der Waals surface area contributed by atoms with Crippen molar-refractivity contribution in [3.05, 3.63) is 24.3 Å². The molecule has 1 saturated carbocycles. The SMILES string of the molecule is C=CCNC(=NCc1nnc(C)n1C)NCC1(CCO)CCCCC1. The largest absolute Gasteiger partial charge is 0.396 e. The summed E-state index contributed by atoms with van der Waals surface area (Å²) < 4.78 is 1.95. The van der Waals surface area contributed by atoms with Crippen molar-refractivity contribution < 1.29 is 5.11 Å². The van der Waals surface area contributed by atoms with Crippen LogP contribution in [0.1, 0.15) is 50.2 Å². The second-order valence-electron chi connectivity index (χ2n) is 6.94. The first-order valence-electron chi connectivity index (χ1n) is 9.19. The molecule has 1 heterocycles. The standard InChI is InChI=1S/C18H32N6O/c1-4-11-19-17(20-13-16-23-22-15(2)24(16)3)21-14-18(10-12-25)8-6-5-7-9-18/h4,25H,1,5-14H2,2-3H3,(H2,19,20,21). The van der Waals surface area contributed by atoms with E-state index in [9.17, 15) is 5.11 Å². The second kappa shape index (κ2) is 9.56. The number of aliphatic hydroxyl groups is 1. The van der Waals surface area contributed by atoms with Gasteiger partial charge in [-0.1, -0.05) is 25.3 Å². The molecule has 1 aliphatic rings. The van der Waals surface area contributed by atoms with Gasteiger partial charge >= 0.3 is 0 Å². The van der Waals surface area contributed by atoms with Gasteiger partial charge in [0, 0.05) is 26.7 Å². The highest BCUT2D eigenvalue weighted by Crippen LogP contribution is 2.38. The first-order valence-corrected chi connectivity index (χ1v) is 9.19. The minimum atomic E-state index is 0.172. The molecule has 2 rings (SSSR count). The third-order valence-corrected chi connectivity index (χ3v) is 5.16. The second-order valence-corrected chi connectivity index (χ2v) is 6.94. The monoisotopic (exact) mass is 348 g/mol. The number of hydrogen-bond donors (Lipinski definition) is 3. The highest BCUT2D eigenvalue weighted by molar-refractivity contribution is 5.79. The molecule has 1 aromatic rings. The summed E-state index contributed by atoms with van der Waals surface area (Å²) in [6.07, 6.45) is 8.77. The molecule has 0 radical (unpaired) electrons. The van der Waals surface area contributed by atoms with Gasteiger partial charge < -0.3 is 20.3 Å². The number of aliphatic hydroxyl groups excluding tert-OH is 1. The Hall–Kier alpha value is -1.89. The summed E-state index contributed by atoms with van der Waals surface area (Å²) in [5.41, 5.74) is 0.172. The zero-order valence-corrected chi connectivity index (χ0v) is 15.6. The van der Waals surface area contributed by atoms with Gasteiger partial charge in [-0.25, -0.2) is 4.99 Å². The number of rotatable bonds is 8. The average Bonchev–Trinajstić information content (AvgIpc) is 2.94. The molecule has 0 atom stereocenters. The summed E-state index contributed by atoms with van der Waals surface area (Å²) in [6, 6.07) is 0. The normalized spacial score (nSPS) is 17.3. The Morgan fingerprint density at radius 2 is 2.08 bits per heavy atom. The molecule has 1 aromatic heterocycles. The van der Waals surface area contributed by atoms with E-state index in [-0.39, 0.29) is 12.0 Å². The third kappa shape index (κ3) is 5.56. The fourth-order valence-corrected chi connectivity index (χ4v) is 3.41. The van der Waals surface area contributed by atoms with Gasteiger partial charge in [-0.2, -0.15) is 0 Å². The Bertz CT molecular complexity index is 569. The van der Waals surface area contributed by atoms with E-state index >= 15 is 0 Å². The topological polar surface area (TPSA) is 87.4 Å². The van der Waals surface area contributed by atoms with E-state index in [1.165, 1.54) is 19.3 Å². The molecule has 7 heteroatoms. The summed E-state index contributed by atoms with van der Waals surface area (Å²) in [7, 11) is 1.95. The quantitative estimate of drug-likeness (QED) is 0.378. The number of nitrogens with one attached hydrogen (secondary N) is 2. The summed E-state index contributed by atoms with van der Waals surface area (Å²) in [4.78, 5) is 4.64. The molecule has 0 saturated heterocycles. The molecular weight excluding hydrogens is 316 g/mol. The fraction of sp³-hybridized carbons (Fsp3) is 0.722. The van der Waals surface area contributed by atoms with Crippen LogP contribution in [0, 0.1) is 12.3 Å². The minimum absolute atomic E-state index is 0.172. The molecule has 140 valence electrons. The van der Waals surface area contributed by atoms with Gasteiger partial charge in [-0.05, 0) is 31.6 Å². The average molecular weight is 348 g/mol. The number of nitrogens with zero attached hydrogens (tertiary/aromatic N) is 4. The predicted molar refractivity (Wildman–Crippen MR) is 100 cm³/mol. The maximum atomic E-state index is 9.47. The Morgan fingerprint density at radius 1 is 1.32 bits per heavy atom. The number of aryl methyl sites for hydroxylation is 1. The molecule has 0 aromatic carbocycles. The van der Waals surface area contributed by atoms with Crippen LogP contribution in [0.25, 0.3) is 0 Å². The van der Waals surface area contributed by atoms with Crippen LogP contribution in [0.4, 0.5) is 0 Å². The summed E-state index contributed by atoms with van der Waals surface area (Å²) in [5, 5.41) is 24.4. The lowest BCUT2D eigenvalue weighted by Crippen LogP contribution is -2.45. The zero-order chi connectivity index (χ0) is 18.1. The molecule has 7 nitrogen and oxygen atoms in total. The van der Waals surface area contributed by atoms with E-state index in [1.54, 1.807) is 0 Å². The van der Waals surface area contributed by atoms with Crippen molar-refractivity contribution in [1.29, 1.82) is 0 Å². The van der Waals surface area contributed by atoms with E-state index in [1.807, 2.05) is 24.6 Å². The molecular formula is C18H32N6O. The van der Waals surface area contributed by atoms with Crippen LogP contribution in [-0.4, -0.2) is 45.5 Å². The van der Waals surface area contributed by atoms with Gasteiger partial charge in [0.05, 0.1) is 0 Å². The van der Waals surface area contributed by atoms with Crippen molar-refractivity contribution in [2.75, 3.05) is 19.7 Å². The first-order chi connectivity index (χ1) is 12.1. The van der Waals surface area contributed by atoms with E-state index in [0.717, 1.165) is 43.4 Å². The van der Waals surface area contributed by atoms with Crippen molar-refractivity contribution in [1.82, 2.24) is 25.4 Å². The van der Waals surface area contributed by atoms with Crippen LogP contribution in [0.5, 0.6) is 0 Å². The molecule has 0 unspecified atom stereocenters. The van der Waals surface area contributed by atoms with Crippen LogP contribution in [-0.2, 0) is 13.6 Å². The van der Waals surface area contributed by atoms with Gasteiger partial charge in [-0.15, -0.1) is 16.8 Å². The number of guanidine groups is 1. The zero-order valence-electron chi connectivity index (χ0n) is 15.6. The molecule has 0 bridgehead atoms. The molecule has 3 N–H and O–H groups in total. The minimum Gasteiger partial charge on any atom is -0.396 e. The maximum Gasteiger partial charge on any atom is 0.191 e. The van der Waals surface area contributed by atoms with E-state index in [0.29, 0.717) is 13.1 Å². The lowest BCUT2D eigenvalue weighted by Gasteiger charge is -2.37. The van der Waals surface area contributed by atoms with Crippen LogP contribution < -0.4 is 10.6 Å². The Morgan fingerprint density at radius 3 is 2.68 bits per heavy atom. The summed E-state index contributed by atoms with van der Waals surface area (Å²) >= 11 is 0. The fourth-order valence-electron chi connectivity index (χ4n) is 3.41. The molecule has 1 fully saturated rings. The van der Waals surface area contributed by atoms with Crippen LogP contribution in [0.15, 0.2) is 17.6 Å². The van der Waals surface area contributed by atoms with Crippen molar-refractivity contribution >= 4 is 5.96 Å². The molecule has 25 heavy (non-hydrogen) atoms. The van der Waals surface area contributed by atoms with E-state index in [2.05, 4.69) is 32.4 Å². The molecule has 0 spiro atoms. The molecule has 1 aliphatic carbocycles. The highest BCUT2D eigenvalue weighted by Gasteiger charge is 2.31. The van der Waals surface area contributed by atoms with Crippen LogP contribution in [0.3, 0.4) is 0 Å². The van der Waals surface area contributed by atoms with Crippen molar-refractivity contribution in [3.63, 3.8) is 0 Å². The van der Waals surface area contributed by atoms with Crippen molar-refractivity contribution in [2.24, 2.45) is 17.5 Å². The van der Waals surface area contributed by atoms with Gasteiger partial charge in [0.2, 0.25) is 0 Å². The van der Waals surface area contributed by atoms with Crippen molar-refractivity contribution in [2.45, 2.75) is 52.0 Å². The van der Waals surface area contributed by atoms with Gasteiger partial charge in [-0.3, -0.25) is 0 Å². The predicted octanol–water partition coefficient (Wildman–Crippen LogP) is 1.68. The lowest BCUT2D eigenvalue weighted by molar-refractivity contribution is 0.131. The van der Waals surface area contributed by atoms with Gasteiger partial charge in [0.15, 0.2) is 11.8 Å². The lowest BCUT2D eigenvalue weighted by atomic mass is 9.72. The third-order valence-electron chi connectivity index (χ3n) is 5.16. The highest BCUT2D eigenvalue weighted by atomic mass is 16.3. The van der Waals surface area contributed by atoms with Gasteiger partial charge in [0.25, 0.3) is 0 Å². The van der Waals surface area contributed by atoms with Crippen LogP contribution in [0.2, 0.25) is 0 Å². The van der Waals surface area contributed by atoms with Gasteiger partial charge in [0.1, 0.15) is 12.4 Å². The first kappa shape index (κ1) is 19.4. The molecule has 0 amide bonds. The smallest absolute Gasteiger partial charge is 0.191 e. The Kier molecular flexibility index (Phi) is 7.43.